The van der Waals surface area contributed by atoms with Crippen molar-refractivity contribution in [2.24, 2.45) is 5.73 Å². The van der Waals surface area contributed by atoms with Gasteiger partial charge in [0.15, 0.2) is 0 Å². The standard InChI is InChI=1S/C21H23N3O3S/c1-15-9-10-20-17(12-15)18-13-23(28(26,27)16-6-3-2-4-7-16)11-5-8-19(18)24(20)14-21(22)25/h2-4,6-7,9-10,12H,5,8,11,13-14H2,1H3,(H2,22,25). The number of amides is 1. The fraction of sp³-hybridized carbons (Fsp3) is 0.286. The molecular weight excluding hydrogens is 374 g/mol. The van der Waals surface area contributed by atoms with Gasteiger partial charge in [0.2, 0.25) is 15.9 Å². The third-order valence-corrected chi connectivity index (χ3v) is 7.15. The smallest absolute Gasteiger partial charge is 0.243 e. The summed E-state index contributed by atoms with van der Waals surface area (Å²) in [6.07, 6.45) is 1.39. The maximum atomic E-state index is 13.2. The minimum absolute atomic E-state index is 0.0975. The van der Waals surface area contributed by atoms with E-state index < -0.39 is 15.9 Å². The first kappa shape index (κ1) is 18.7. The summed E-state index contributed by atoms with van der Waals surface area (Å²) in [5, 5.41) is 0.992. The highest BCUT2D eigenvalue weighted by Gasteiger charge is 2.30. The average molecular weight is 398 g/mol. The molecule has 2 aromatic carbocycles. The Kier molecular flexibility index (Phi) is 4.72. The molecule has 0 bridgehead atoms. The van der Waals surface area contributed by atoms with Crippen LogP contribution in [-0.4, -0.2) is 29.7 Å². The number of aryl methyl sites for hydroxylation is 1. The zero-order valence-corrected chi connectivity index (χ0v) is 16.6. The molecule has 1 aliphatic rings. The van der Waals surface area contributed by atoms with Crippen LogP contribution in [0, 0.1) is 6.92 Å². The molecule has 0 aliphatic carbocycles. The van der Waals surface area contributed by atoms with Crippen LogP contribution in [0.5, 0.6) is 0 Å². The molecule has 28 heavy (non-hydrogen) atoms. The number of aromatic nitrogens is 1. The largest absolute Gasteiger partial charge is 0.368 e. The van der Waals surface area contributed by atoms with Crippen LogP contribution in [0.2, 0.25) is 0 Å². The maximum Gasteiger partial charge on any atom is 0.243 e. The lowest BCUT2D eigenvalue weighted by Crippen LogP contribution is -2.30. The van der Waals surface area contributed by atoms with Gasteiger partial charge < -0.3 is 10.3 Å². The Hall–Kier alpha value is -2.64. The van der Waals surface area contributed by atoms with E-state index in [1.54, 1.807) is 34.6 Å². The Morgan fingerprint density at radius 1 is 1.14 bits per heavy atom. The Labute approximate surface area is 164 Å². The number of benzene rings is 2. The monoisotopic (exact) mass is 397 g/mol. The molecule has 1 aliphatic heterocycles. The first-order valence-corrected chi connectivity index (χ1v) is 10.8. The van der Waals surface area contributed by atoms with Crippen molar-refractivity contribution in [1.82, 2.24) is 8.87 Å². The Morgan fingerprint density at radius 3 is 2.61 bits per heavy atom. The summed E-state index contributed by atoms with van der Waals surface area (Å²) in [6, 6.07) is 14.6. The Morgan fingerprint density at radius 2 is 1.89 bits per heavy atom. The average Bonchev–Trinajstić information content (AvgIpc) is 2.83. The van der Waals surface area contributed by atoms with Crippen LogP contribution in [0.4, 0.5) is 0 Å². The van der Waals surface area contributed by atoms with E-state index in [0.717, 1.165) is 27.7 Å². The molecule has 1 aromatic heterocycles. The van der Waals surface area contributed by atoms with E-state index in [1.807, 2.05) is 23.6 Å². The van der Waals surface area contributed by atoms with E-state index in [1.165, 1.54) is 0 Å². The summed E-state index contributed by atoms with van der Waals surface area (Å²) in [5.74, 6) is -0.404. The molecule has 2 N–H and O–H groups in total. The lowest BCUT2D eigenvalue weighted by atomic mass is 10.1. The van der Waals surface area contributed by atoms with Crippen LogP contribution in [-0.2, 0) is 34.3 Å². The van der Waals surface area contributed by atoms with Crippen molar-refractivity contribution in [3.63, 3.8) is 0 Å². The molecule has 1 amide bonds. The molecule has 0 saturated carbocycles. The second kappa shape index (κ2) is 7.07. The molecule has 0 radical (unpaired) electrons. The van der Waals surface area contributed by atoms with Crippen LogP contribution in [0.15, 0.2) is 53.4 Å². The van der Waals surface area contributed by atoms with Crippen LogP contribution >= 0.6 is 0 Å². The van der Waals surface area contributed by atoms with Crippen molar-refractivity contribution in [1.29, 1.82) is 0 Å². The van der Waals surface area contributed by atoms with Gasteiger partial charge in [-0.25, -0.2) is 8.42 Å². The molecule has 0 spiro atoms. The van der Waals surface area contributed by atoms with Crippen molar-refractivity contribution < 1.29 is 13.2 Å². The predicted octanol–water partition coefficient (Wildman–Crippen LogP) is 2.57. The summed E-state index contributed by atoms with van der Waals surface area (Å²) >= 11 is 0. The first-order valence-electron chi connectivity index (χ1n) is 9.32. The molecule has 3 aromatic rings. The van der Waals surface area contributed by atoms with E-state index in [4.69, 9.17) is 5.73 Å². The lowest BCUT2D eigenvalue weighted by Gasteiger charge is -2.20. The summed E-state index contributed by atoms with van der Waals surface area (Å²) in [7, 11) is -3.59. The summed E-state index contributed by atoms with van der Waals surface area (Å²) in [4.78, 5) is 12.0. The highest BCUT2D eigenvalue weighted by Crippen LogP contribution is 2.33. The van der Waals surface area contributed by atoms with Gasteiger partial charge in [0.25, 0.3) is 0 Å². The molecule has 6 nitrogen and oxygen atoms in total. The fourth-order valence-corrected chi connectivity index (χ4v) is 5.48. The third kappa shape index (κ3) is 3.21. The number of carbonyl (C=O) groups excluding carboxylic acids is 1. The minimum Gasteiger partial charge on any atom is -0.368 e. The van der Waals surface area contributed by atoms with Crippen LogP contribution < -0.4 is 5.73 Å². The van der Waals surface area contributed by atoms with E-state index in [0.29, 0.717) is 24.3 Å². The van der Waals surface area contributed by atoms with Crippen molar-refractivity contribution in [3.8, 4) is 0 Å². The number of nitrogens with two attached hydrogens (primary N) is 1. The molecule has 2 heterocycles. The first-order chi connectivity index (χ1) is 13.4. The molecule has 0 unspecified atom stereocenters. The van der Waals surface area contributed by atoms with Crippen molar-refractivity contribution in [3.05, 3.63) is 65.4 Å². The van der Waals surface area contributed by atoms with E-state index in [2.05, 4.69) is 6.07 Å². The van der Waals surface area contributed by atoms with Gasteiger partial charge in [-0.1, -0.05) is 29.8 Å². The molecule has 146 valence electrons. The molecule has 7 heteroatoms. The van der Waals surface area contributed by atoms with Gasteiger partial charge >= 0.3 is 0 Å². The predicted molar refractivity (Wildman–Crippen MR) is 108 cm³/mol. The SMILES string of the molecule is Cc1ccc2c(c1)c1c(n2CC(N)=O)CCCN(S(=O)(=O)c2ccccc2)C1. The number of hydrogen-bond donors (Lipinski definition) is 1. The molecule has 0 saturated heterocycles. The van der Waals surface area contributed by atoms with Crippen molar-refractivity contribution >= 4 is 26.8 Å². The Bertz CT molecular complexity index is 1150. The number of sulfonamides is 1. The summed E-state index contributed by atoms with van der Waals surface area (Å²) in [6.45, 7) is 2.83. The van der Waals surface area contributed by atoms with E-state index in [-0.39, 0.29) is 13.1 Å². The van der Waals surface area contributed by atoms with Gasteiger partial charge in [0, 0.05) is 29.7 Å². The van der Waals surface area contributed by atoms with Crippen LogP contribution in [0.3, 0.4) is 0 Å². The molecular formula is C21H23N3O3S. The zero-order chi connectivity index (χ0) is 19.9. The third-order valence-electron chi connectivity index (χ3n) is 5.29. The van der Waals surface area contributed by atoms with Gasteiger partial charge in [0.05, 0.1) is 4.90 Å². The number of carbonyl (C=O) groups is 1. The number of fused-ring (bicyclic) bond motifs is 3. The van der Waals surface area contributed by atoms with E-state index in [9.17, 15) is 13.2 Å². The second-order valence-corrected chi connectivity index (χ2v) is 9.19. The topological polar surface area (TPSA) is 85.4 Å². The second-order valence-electron chi connectivity index (χ2n) is 7.25. The van der Waals surface area contributed by atoms with Crippen LogP contribution in [0.1, 0.15) is 23.2 Å². The summed E-state index contributed by atoms with van der Waals surface area (Å²) < 4.78 is 29.9. The Balaban J connectivity index is 1.85. The summed E-state index contributed by atoms with van der Waals surface area (Å²) in [5.41, 5.74) is 9.47. The number of nitrogens with zero attached hydrogens (tertiary/aromatic N) is 2. The van der Waals surface area contributed by atoms with Crippen molar-refractivity contribution in [2.45, 2.75) is 37.8 Å². The number of rotatable bonds is 4. The highest BCUT2D eigenvalue weighted by molar-refractivity contribution is 7.89. The van der Waals surface area contributed by atoms with Gasteiger partial charge in [-0.2, -0.15) is 4.31 Å². The van der Waals surface area contributed by atoms with Gasteiger partial charge in [-0.15, -0.1) is 0 Å². The number of primary amides is 1. The number of hydrogen-bond acceptors (Lipinski definition) is 3. The molecule has 0 fully saturated rings. The lowest BCUT2D eigenvalue weighted by molar-refractivity contribution is -0.118. The highest BCUT2D eigenvalue weighted by atomic mass is 32.2. The van der Waals surface area contributed by atoms with Gasteiger partial charge in [-0.05, 0) is 49.6 Å². The van der Waals surface area contributed by atoms with E-state index >= 15 is 0 Å². The van der Waals surface area contributed by atoms with Gasteiger partial charge in [-0.3, -0.25) is 4.79 Å². The normalized spacial score (nSPS) is 15.3. The van der Waals surface area contributed by atoms with Gasteiger partial charge in [0.1, 0.15) is 6.54 Å². The van der Waals surface area contributed by atoms with Crippen LogP contribution in [0.25, 0.3) is 10.9 Å². The molecule has 0 atom stereocenters. The quantitative estimate of drug-likeness (QED) is 0.734. The maximum absolute atomic E-state index is 13.2. The molecule has 4 rings (SSSR count). The zero-order valence-electron chi connectivity index (χ0n) is 15.8. The fourth-order valence-electron chi connectivity index (χ4n) is 4.01. The minimum atomic E-state index is -3.59. The van der Waals surface area contributed by atoms with Crippen molar-refractivity contribution in [2.75, 3.05) is 6.54 Å².